The number of benzene rings is 1. The lowest BCUT2D eigenvalue weighted by atomic mass is 9.65. The van der Waals surface area contributed by atoms with Gasteiger partial charge < -0.3 is 10.1 Å². The van der Waals surface area contributed by atoms with Crippen LogP contribution in [-0.2, 0) is 0 Å². The first-order valence-corrected chi connectivity index (χ1v) is 6.78. The van der Waals surface area contributed by atoms with Crippen molar-refractivity contribution in [3.05, 3.63) is 29.6 Å². The summed E-state index contributed by atoms with van der Waals surface area (Å²) in [5.74, 6) is 1.18. The van der Waals surface area contributed by atoms with Crippen molar-refractivity contribution in [2.75, 3.05) is 13.7 Å². The minimum atomic E-state index is -0.253. The van der Waals surface area contributed by atoms with Crippen molar-refractivity contribution in [2.45, 2.75) is 38.6 Å². The van der Waals surface area contributed by atoms with Crippen LogP contribution in [0.25, 0.3) is 0 Å². The zero-order chi connectivity index (χ0) is 13.1. The Bertz CT molecular complexity index is 407. The maximum atomic E-state index is 13.7. The molecule has 0 saturated heterocycles. The molecule has 1 fully saturated rings. The number of rotatable bonds is 5. The van der Waals surface area contributed by atoms with Crippen LogP contribution in [0, 0.1) is 11.7 Å². The third kappa shape index (κ3) is 2.37. The molecule has 0 radical (unpaired) electrons. The molecular weight excluding hydrogens is 229 g/mol. The SMILES string of the molecule is CCNC1CC(c2ccc(OC)c(F)c2)C1CC. The van der Waals surface area contributed by atoms with Gasteiger partial charge >= 0.3 is 0 Å². The van der Waals surface area contributed by atoms with Gasteiger partial charge in [-0.3, -0.25) is 0 Å². The second-order valence-electron chi connectivity index (χ2n) is 4.97. The summed E-state index contributed by atoms with van der Waals surface area (Å²) in [7, 11) is 1.50. The molecule has 3 heteroatoms. The minimum Gasteiger partial charge on any atom is -0.494 e. The Labute approximate surface area is 109 Å². The van der Waals surface area contributed by atoms with Crippen LogP contribution in [0.3, 0.4) is 0 Å². The molecule has 2 rings (SSSR count). The summed E-state index contributed by atoms with van der Waals surface area (Å²) in [4.78, 5) is 0. The highest BCUT2D eigenvalue weighted by molar-refractivity contribution is 5.33. The van der Waals surface area contributed by atoms with Crippen LogP contribution in [-0.4, -0.2) is 19.7 Å². The van der Waals surface area contributed by atoms with E-state index in [2.05, 4.69) is 19.2 Å². The molecule has 1 aliphatic carbocycles. The molecule has 0 amide bonds. The molecule has 1 saturated carbocycles. The largest absolute Gasteiger partial charge is 0.494 e. The van der Waals surface area contributed by atoms with Gasteiger partial charge in [-0.15, -0.1) is 0 Å². The van der Waals surface area contributed by atoms with Gasteiger partial charge in [-0.2, -0.15) is 0 Å². The van der Waals surface area contributed by atoms with Crippen LogP contribution in [0.15, 0.2) is 18.2 Å². The molecule has 3 unspecified atom stereocenters. The lowest BCUT2D eigenvalue weighted by molar-refractivity contribution is 0.162. The molecule has 18 heavy (non-hydrogen) atoms. The normalized spacial score (nSPS) is 26.8. The van der Waals surface area contributed by atoms with Crippen LogP contribution in [0.2, 0.25) is 0 Å². The average molecular weight is 251 g/mol. The first-order valence-electron chi connectivity index (χ1n) is 6.78. The summed E-state index contributed by atoms with van der Waals surface area (Å²) < 4.78 is 18.7. The van der Waals surface area contributed by atoms with Crippen LogP contribution in [0.5, 0.6) is 5.75 Å². The molecule has 1 aromatic rings. The number of nitrogens with one attached hydrogen (secondary N) is 1. The van der Waals surface area contributed by atoms with E-state index in [-0.39, 0.29) is 5.82 Å². The topological polar surface area (TPSA) is 21.3 Å². The lowest BCUT2D eigenvalue weighted by Crippen LogP contribution is -2.48. The third-order valence-electron chi connectivity index (χ3n) is 4.08. The fraction of sp³-hybridized carbons (Fsp3) is 0.600. The smallest absolute Gasteiger partial charge is 0.165 e. The fourth-order valence-corrected chi connectivity index (χ4v) is 3.07. The molecule has 0 bridgehead atoms. The Morgan fingerprint density at radius 3 is 2.72 bits per heavy atom. The zero-order valence-corrected chi connectivity index (χ0v) is 11.4. The Hall–Kier alpha value is -1.09. The summed E-state index contributed by atoms with van der Waals surface area (Å²) in [5.41, 5.74) is 1.11. The van der Waals surface area contributed by atoms with E-state index in [4.69, 9.17) is 4.74 Å². The van der Waals surface area contributed by atoms with Gasteiger partial charge in [0.25, 0.3) is 0 Å². The van der Waals surface area contributed by atoms with Gasteiger partial charge in [-0.1, -0.05) is 26.3 Å². The first kappa shape index (κ1) is 13.3. The number of hydrogen-bond donors (Lipinski definition) is 1. The molecule has 3 atom stereocenters. The third-order valence-corrected chi connectivity index (χ3v) is 4.08. The summed E-state index contributed by atoms with van der Waals surface area (Å²) in [6.07, 6.45) is 2.24. The number of halogens is 1. The maximum Gasteiger partial charge on any atom is 0.165 e. The first-order chi connectivity index (χ1) is 8.71. The lowest BCUT2D eigenvalue weighted by Gasteiger charge is -2.45. The van der Waals surface area contributed by atoms with Crippen molar-refractivity contribution in [1.82, 2.24) is 5.32 Å². The zero-order valence-electron chi connectivity index (χ0n) is 11.4. The van der Waals surface area contributed by atoms with Crippen LogP contribution < -0.4 is 10.1 Å². The van der Waals surface area contributed by atoms with Crippen molar-refractivity contribution in [3.8, 4) is 5.75 Å². The fourth-order valence-electron chi connectivity index (χ4n) is 3.07. The Balaban J connectivity index is 2.11. The van der Waals surface area contributed by atoms with Gasteiger partial charge in [-0.05, 0) is 42.5 Å². The molecule has 0 aliphatic heterocycles. The van der Waals surface area contributed by atoms with Crippen molar-refractivity contribution in [3.63, 3.8) is 0 Å². The van der Waals surface area contributed by atoms with Gasteiger partial charge in [0, 0.05) is 6.04 Å². The molecule has 0 aromatic heterocycles. The predicted octanol–water partition coefficient (Wildman–Crippen LogP) is 3.33. The van der Waals surface area contributed by atoms with Gasteiger partial charge in [0.2, 0.25) is 0 Å². The second-order valence-corrected chi connectivity index (χ2v) is 4.97. The van der Waals surface area contributed by atoms with Gasteiger partial charge in [0.1, 0.15) is 0 Å². The highest BCUT2D eigenvalue weighted by atomic mass is 19.1. The molecular formula is C15H22FNO. The van der Waals surface area contributed by atoms with E-state index in [0.717, 1.165) is 24.9 Å². The van der Waals surface area contributed by atoms with E-state index >= 15 is 0 Å². The van der Waals surface area contributed by atoms with E-state index in [1.165, 1.54) is 7.11 Å². The van der Waals surface area contributed by atoms with Crippen molar-refractivity contribution in [2.24, 2.45) is 5.92 Å². The van der Waals surface area contributed by atoms with Crippen LogP contribution >= 0.6 is 0 Å². The molecule has 1 aromatic carbocycles. The Kier molecular flexibility index (Phi) is 4.23. The molecule has 0 spiro atoms. The molecule has 100 valence electrons. The monoisotopic (exact) mass is 251 g/mol. The Morgan fingerprint density at radius 2 is 2.17 bits per heavy atom. The van der Waals surface area contributed by atoms with Gasteiger partial charge in [0.05, 0.1) is 7.11 Å². The Morgan fingerprint density at radius 1 is 1.39 bits per heavy atom. The van der Waals surface area contributed by atoms with Crippen molar-refractivity contribution >= 4 is 0 Å². The second kappa shape index (κ2) is 5.70. The van der Waals surface area contributed by atoms with E-state index in [0.29, 0.717) is 23.6 Å². The number of hydrogen-bond acceptors (Lipinski definition) is 2. The minimum absolute atomic E-state index is 0.253. The quantitative estimate of drug-likeness (QED) is 0.866. The van der Waals surface area contributed by atoms with E-state index in [1.807, 2.05) is 6.07 Å². The number of ether oxygens (including phenoxy) is 1. The van der Waals surface area contributed by atoms with Crippen LogP contribution in [0.4, 0.5) is 4.39 Å². The van der Waals surface area contributed by atoms with Crippen LogP contribution in [0.1, 0.15) is 38.2 Å². The average Bonchev–Trinajstić information content (AvgIpc) is 2.34. The summed E-state index contributed by atoms with van der Waals surface area (Å²) in [6.45, 7) is 5.35. The van der Waals surface area contributed by atoms with Crippen molar-refractivity contribution in [1.29, 1.82) is 0 Å². The maximum absolute atomic E-state index is 13.7. The van der Waals surface area contributed by atoms with Gasteiger partial charge in [0.15, 0.2) is 11.6 Å². The van der Waals surface area contributed by atoms with Gasteiger partial charge in [-0.25, -0.2) is 4.39 Å². The van der Waals surface area contributed by atoms with E-state index in [9.17, 15) is 4.39 Å². The highest BCUT2D eigenvalue weighted by Crippen LogP contribution is 2.45. The highest BCUT2D eigenvalue weighted by Gasteiger charge is 2.39. The molecule has 1 N–H and O–H groups in total. The van der Waals surface area contributed by atoms with E-state index < -0.39 is 0 Å². The summed E-state index contributed by atoms with van der Waals surface area (Å²) >= 11 is 0. The summed E-state index contributed by atoms with van der Waals surface area (Å²) in [6, 6.07) is 5.96. The number of methoxy groups -OCH3 is 1. The molecule has 1 aliphatic rings. The molecule has 2 nitrogen and oxygen atoms in total. The molecule has 0 heterocycles. The van der Waals surface area contributed by atoms with E-state index in [1.54, 1.807) is 12.1 Å². The predicted molar refractivity (Wildman–Crippen MR) is 71.6 cm³/mol. The summed E-state index contributed by atoms with van der Waals surface area (Å²) in [5, 5.41) is 3.50. The van der Waals surface area contributed by atoms with Crippen molar-refractivity contribution < 1.29 is 9.13 Å². The standard InChI is InChI=1S/C15H22FNO/c1-4-11-12(9-14(11)17-5-2)10-6-7-15(18-3)13(16)8-10/h6-8,11-12,14,17H,4-5,9H2,1-3H3.